The van der Waals surface area contributed by atoms with Gasteiger partial charge >= 0.3 is 0 Å². The molecule has 0 aliphatic heterocycles. The standard InChI is InChI=1S/C15H13Cl2F2N/c1-9(10-2-4-13(16)14(17)7-10)20-8-11-6-12(18)3-5-15(11)19/h2-7,9,20H,8H2,1H3. The lowest BCUT2D eigenvalue weighted by Crippen LogP contribution is -2.19. The molecule has 1 atom stereocenters. The number of benzene rings is 2. The van der Waals surface area contributed by atoms with Crippen molar-refractivity contribution in [2.75, 3.05) is 0 Å². The fourth-order valence-electron chi connectivity index (χ4n) is 1.84. The molecule has 0 aromatic heterocycles. The van der Waals surface area contributed by atoms with Crippen LogP contribution in [-0.2, 0) is 6.54 Å². The molecule has 1 nitrogen and oxygen atoms in total. The highest BCUT2D eigenvalue weighted by atomic mass is 35.5. The molecular weight excluding hydrogens is 303 g/mol. The van der Waals surface area contributed by atoms with E-state index in [4.69, 9.17) is 23.2 Å². The molecule has 2 rings (SSSR count). The van der Waals surface area contributed by atoms with Crippen LogP contribution in [0.25, 0.3) is 0 Å². The first kappa shape index (κ1) is 15.2. The van der Waals surface area contributed by atoms with Crippen molar-refractivity contribution in [3.8, 4) is 0 Å². The maximum absolute atomic E-state index is 13.5. The first-order valence-electron chi connectivity index (χ1n) is 6.09. The third-order valence-corrected chi connectivity index (χ3v) is 3.79. The van der Waals surface area contributed by atoms with Crippen LogP contribution in [0.4, 0.5) is 8.78 Å². The molecular formula is C15H13Cl2F2N. The fourth-order valence-corrected chi connectivity index (χ4v) is 2.15. The van der Waals surface area contributed by atoms with Crippen LogP contribution in [-0.4, -0.2) is 0 Å². The maximum atomic E-state index is 13.5. The molecule has 0 fully saturated rings. The van der Waals surface area contributed by atoms with Crippen LogP contribution in [0.1, 0.15) is 24.1 Å². The summed E-state index contributed by atoms with van der Waals surface area (Å²) in [5.41, 5.74) is 1.22. The Kier molecular flexibility index (Phi) is 4.97. The number of nitrogens with one attached hydrogen (secondary N) is 1. The monoisotopic (exact) mass is 315 g/mol. The zero-order valence-electron chi connectivity index (χ0n) is 10.8. The Morgan fingerprint density at radius 2 is 1.80 bits per heavy atom. The van der Waals surface area contributed by atoms with Gasteiger partial charge in [-0.15, -0.1) is 0 Å². The molecule has 2 aromatic carbocycles. The molecule has 5 heteroatoms. The predicted octanol–water partition coefficient (Wildman–Crippen LogP) is 5.12. The number of hydrogen-bond acceptors (Lipinski definition) is 1. The Balaban J connectivity index is 2.06. The van der Waals surface area contributed by atoms with E-state index in [1.807, 2.05) is 13.0 Å². The van der Waals surface area contributed by atoms with Crippen molar-refractivity contribution in [2.45, 2.75) is 19.5 Å². The van der Waals surface area contributed by atoms with Crippen LogP contribution in [0.2, 0.25) is 10.0 Å². The second-order valence-corrected chi connectivity index (χ2v) is 5.33. The Labute approximate surface area is 126 Å². The molecule has 0 amide bonds. The Morgan fingerprint density at radius 3 is 2.50 bits per heavy atom. The van der Waals surface area contributed by atoms with E-state index in [2.05, 4.69) is 5.32 Å². The summed E-state index contributed by atoms with van der Waals surface area (Å²) in [6, 6.07) is 8.64. The Morgan fingerprint density at radius 1 is 1.05 bits per heavy atom. The van der Waals surface area contributed by atoms with Crippen LogP contribution >= 0.6 is 23.2 Å². The minimum atomic E-state index is -0.453. The van der Waals surface area contributed by atoms with Crippen LogP contribution < -0.4 is 5.32 Å². The SMILES string of the molecule is CC(NCc1cc(F)ccc1F)c1ccc(Cl)c(Cl)c1. The van der Waals surface area contributed by atoms with Crippen LogP contribution in [0.15, 0.2) is 36.4 Å². The summed E-state index contributed by atoms with van der Waals surface area (Å²) < 4.78 is 26.6. The Hall–Kier alpha value is -1.16. The lowest BCUT2D eigenvalue weighted by Gasteiger charge is -2.15. The lowest BCUT2D eigenvalue weighted by atomic mass is 10.1. The molecule has 0 bridgehead atoms. The largest absolute Gasteiger partial charge is 0.306 e. The highest BCUT2D eigenvalue weighted by Gasteiger charge is 2.09. The van der Waals surface area contributed by atoms with Crippen molar-refractivity contribution in [1.82, 2.24) is 5.32 Å². The van der Waals surface area contributed by atoms with Gasteiger partial charge in [0.2, 0.25) is 0 Å². The molecule has 2 aromatic rings. The molecule has 0 aliphatic rings. The number of rotatable bonds is 4. The quantitative estimate of drug-likeness (QED) is 0.825. The highest BCUT2D eigenvalue weighted by Crippen LogP contribution is 2.25. The maximum Gasteiger partial charge on any atom is 0.127 e. The van der Waals surface area contributed by atoms with Crippen LogP contribution in [0.3, 0.4) is 0 Å². The van der Waals surface area contributed by atoms with Crippen LogP contribution in [0.5, 0.6) is 0 Å². The van der Waals surface area contributed by atoms with Crippen LogP contribution in [0, 0.1) is 11.6 Å². The van der Waals surface area contributed by atoms with Gasteiger partial charge in [-0.3, -0.25) is 0 Å². The van der Waals surface area contributed by atoms with E-state index < -0.39 is 11.6 Å². The molecule has 106 valence electrons. The van der Waals surface area contributed by atoms with E-state index in [-0.39, 0.29) is 18.2 Å². The molecule has 1 unspecified atom stereocenters. The summed E-state index contributed by atoms with van der Waals surface area (Å²) in [6.07, 6.45) is 0. The van der Waals surface area contributed by atoms with E-state index in [0.29, 0.717) is 10.0 Å². The van der Waals surface area contributed by atoms with Gasteiger partial charge in [0.25, 0.3) is 0 Å². The van der Waals surface area contributed by atoms with Gasteiger partial charge in [-0.25, -0.2) is 8.78 Å². The van der Waals surface area contributed by atoms with Crippen molar-refractivity contribution in [3.63, 3.8) is 0 Å². The van der Waals surface area contributed by atoms with Gasteiger partial charge in [0.05, 0.1) is 10.0 Å². The zero-order valence-corrected chi connectivity index (χ0v) is 12.3. The second-order valence-electron chi connectivity index (χ2n) is 4.51. The molecule has 1 N–H and O–H groups in total. The summed E-state index contributed by atoms with van der Waals surface area (Å²) in [6.45, 7) is 2.14. The summed E-state index contributed by atoms with van der Waals surface area (Å²) >= 11 is 11.8. The van der Waals surface area contributed by atoms with Gasteiger partial charge in [0.15, 0.2) is 0 Å². The number of halogens is 4. The first-order chi connectivity index (χ1) is 9.47. The van der Waals surface area contributed by atoms with E-state index in [1.165, 1.54) is 6.07 Å². The van der Waals surface area contributed by atoms with Crippen molar-refractivity contribution in [2.24, 2.45) is 0 Å². The molecule has 0 heterocycles. The molecule has 0 saturated carbocycles. The normalized spacial score (nSPS) is 12.4. The van der Waals surface area contributed by atoms with Crippen molar-refractivity contribution >= 4 is 23.2 Å². The topological polar surface area (TPSA) is 12.0 Å². The zero-order chi connectivity index (χ0) is 14.7. The summed E-state index contributed by atoms with van der Waals surface area (Å²) in [5.74, 6) is -0.884. The number of hydrogen-bond donors (Lipinski definition) is 1. The van der Waals surface area contributed by atoms with Crippen molar-refractivity contribution in [1.29, 1.82) is 0 Å². The summed E-state index contributed by atoms with van der Waals surface area (Å²) in [4.78, 5) is 0. The average molecular weight is 316 g/mol. The van der Waals surface area contributed by atoms with E-state index in [1.54, 1.807) is 12.1 Å². The highest BCUT2D eigenvalue weighted by molar-refractivity contribution is 6.42. The molecule has 0 saturated heterocycles. The van der Waals surface area contributed by atoms with Gasteiger partial charge < -0.3 is 5.32 Å². The average Bonchev–Trinajstić information content (AvgIpc) is 2.42. The minimum absolute atomic E-state index is 0.0626. The molecule has 20 heavy (non-hydrogen) atoms. The Bertz CT molecular complexity index is 617. The van der Waals surface area contributed by atoms with Gasteiger partial charge in [0, 0.05) is 18.2 Å². The van der Waals surface area contributed by atoms with Gasteiger partial charge in [-0.05, 0) is 42.8 Å². The smallest absolute Gasteiger partial charge is 0.127 e. The van der Waals surface area contributed by atoms with Crippen molar-refractivity contribution in [3.05, 3.63) is 69.2 Å². The van der Waals surface area contributed by atoms with Crippen molar-refractivity contribution < 1.29 is 8.78 Å². The lowest BCUT2D eigenvalue weighted by molar-refractivity contribution is 0.535. The van der Waals surface area contributed by atoms with Gasteiger partial charge in [0.1, 0.15) is 11.6 Å². The molecule has 0 aliphatic carbocycles. The predicted molar refractivity (Wildman–Crippen MR) is 78.1 cm³/mol. The first-order valence-corrected chi connectivity index (χ1v) is 6.85. The van der Waals surface area contributed by atoms with Gasteiger partial charge in [-0.2, -0.15) is 0 Å². The minimum Gasteiger partial charge on any atom is -0.306 e. The molecule has 0 radical (unpaired) electrons. The summed E-state index contributed by atoms with van der Waals surface area (Å²) in [7, 11) is 0. The van der Waals surface area contributed by atoms with E-state index >= 15 is 0 Å². The third kappa shape index (κ3) is 3.69. The second kappa shape index (κ2) is 6.53. The van der Waals surface area contributed by atoms with Gasteiger partial charge in [-0.1, -0.05) is 29.3 Å². The summed E-state index contributed by atoms with van der Waals surface area (Å²) in [5, 5.41) is 4.07. The third-order valence-electron chi connectivity index (χ3n) is 3.05. The molecule has 0 spiro atoms. The van der Waals surface area contributed by atoms with E-state index in [9.17, 15) is 8.78 Å². The van der Waals surface area contributed by atoms with E-state index in [0.717, 1.165) is 17.7 Å². The fraction of sp³-hybridized carbons (Fsp3) is 0.200.